The van der Waals surface area contributed by atoms with Crippen LogP contribution in [0.25, 0.3) is 0 Å². The van der Waals surface area contributed by atoms with Crippen LogP contribution in [-0.4, -0.2) is 16.5 Å². The SMILES string of the molecule is CSCc1nnc(CCl)s1. The highest BCUT2D eigenvalue weighted by atomic mass is 35.5. The first-order valence-corrected chi connectivity index (χ1v) is 5.47. The number of alkyl halides is 1. The fourth-order valence-electron chi connectivity index (χ4n) is 0.524. The van der Waals surface area contributed by atoms with Gasteiger partial charge in [0.05, 0.1) is 5.88 Å². The van der Waals surface area contributed by atoms with Crippen LogP contribution in [0.15, 0.2) is 0 Å². The Bertz CT molecular complexity index is 201. The van der Waals surface area contributed by atoms with Gasteiger partial charge in [-0.15, -0.1) is 21.8 Å². The Balaban J connectivity index is 2.59. The lowest BCUT2D eigenvalue weighted by Gasteiger charge is -1.83. The Morgan fingerprint density at radius 2 is 2.20 bits per heavy atom. The van der Waals surface area contributed by atoms with Crippen molar-refractivity contribution in [1.29, 1.82) is 0 Å². The number of nitrogens with zero attached hydrogens (tertiary/aromatic N) is 2. The third-order valence-electron chi connectivity index (χ3n) is 0.891. The maximum atomic E-state index is 5.54. The molecule has 1 aromatic heterocycles. The average molecular weight is 195 g/mol. The first-order valence-electron chi connectivity index (χ1n) is 2.73. The summed E-state index contributed by atoms with van der Waals surface area (Å²) in [5, 5.41) is 9.78. The second kappa shape index (κ2) is 4.16. The van der Waals surface area contributed by atoms with E-state index >= 15 is 0 Å². The van der Waals surface area contributed by atoms with E-state index in [2.05, 4.69) is 10.2 Å². The Morgan fingerprint density at radius 3 is 2.70 bits per heavy atom. The van der Waals surface area contributed by atoms with Crippen LogP contribution in [-0.2, 0) is 11.6 Å². The van der Waals surface area contributed by atoms with Gasteiger partial charge in [-0.3, -0.25) is 0 Å². The molecule has 1 aromatic rings. The minimum Gasteiger partial charge on any atom is -0.158 e. The van der Waals surface area contributed by atoms with Gasteiger partial charge in [-0.1, -0.05) is 11.3 Å². The second-order valence-electron chi connectivity index (χ2n) is 1.66. The summed E-state index contributed by atoms with van der Waals surface area (Å²) in [7, 11) is 0. The van der Waals surface area contributed by atoms with Gasteiger partial charge in [0.1, 0.15) is 10.0 Å². The Labute approximate surface area is 73.0 Å². The van der Waals surface area contributed by atoms with Gasteiger partial charge in [0.15, 0.2) is 0 Å². The maximum absolute atomic E-state index is 5.54. The lowest BCUT2D eigenvalue weighted by molar-refractivity contribution is 1.00. The van der Waals surface area contributed by atoms with Crippen molar-refractivity contribution < 1.29 is 0 Å². The fourth-order valence-corrected chi connectivity index (χ4v) is 2.13. The molecule has 0 radical (unpaired) electrons. The maximum Gasteiger partial charge on any atom is 0.132 e. The number of halogens is 1. The Morgan fingerprint density at radius 1 is 1.50 bits per heavy atom. The van der Waals surface area contributed by atoms with Gasteiger partial charge in [-0.25, -0.2) is 0 Å². The first kappa shape index (κ1) is 8.30. The van der Waals surface area contributed by atoms with Crippen LogP contribution in [0, 0.1) is 0 Å². The van der Waals surface area contributed by atoms with Crippen LogP contribution in [0.2, 0.25) is 0 Å². The fraction of sp³-hybridized carbons (Fsp3) is 0.600. The number of aromatic nitrogens is 2. The normalized spacial score (nSPS) is 10.2. The summed E-state index contributed by atoms with van der Waals surface area (Å²) in [6, 6.07) is 0. The molecule has 0 saturated carbocycles. The quantitative estimate of drug-likeness (QED) is 0.690. The van der Waals surface area contributed by atoms with Gasteiger partial charge in [0.2, 0.25) is 0 Å². The molecule has 0 aliphatic heterocycles. The van der Waals surface area contributed by atoms with Crippen molar-refractivity contribution in [3.8, 4) is 0 Å². The minimum atomic E-state index is 0.478. The molecule has 0 spiro atoms. The van der Waals surface area contributed by atoms with Crippen molar-refractivity contribution >= 4 is 34.7 Å². The molecule has 56 valence electrons. The zero-order valence-electron chi connectivity index (χ0n) is 5.50. The predicted octanol–water partition coefficient (Wildman–Crippen LogP) is 2.14. The summed E-state index contributed by atoms with van der Waals surface area (Å²) >= 11 is 8.87. The van der Waals surface area contributed by atoms with Gasteiger partial charge < -0.3 is 0 Å². The van der Waals surface area contributed by atoms with E-state index in [0.717, 1.165) is 15.8 Å². The predicted molar refractivity (Wildman–Crippen MR) is 46.7 cm³/mol. The van der Waals surface area contributed by atoms with Crippen molar-refractivity contribution in [3.63, 3.8) is 0 Å². The highest BCUT2D eigenvalue weighted by molar-refractivity contribution is 7.97. The zero-order chi connectivity index (χ0) is 7.40. The Kier molecular flexibility index (Phi) is 3.45. The molecule has 0 aromatic carbocycles. The molecule has 0 atom stereocenters. The molecule has 0 bridgehead atoms. The number of hydrogen-bond acceptors (Lipinski definition) is 4. The van der Waals surface area contributed by atoms with Crippen LogP contribution >= 0.6 is 34.7 Å². The third kappa shape index (κ3) is 2.11. The van der Waals surface area contributed by atoms with Gasteiger partial charge >= 0.3 is 0 Å². The van der Waals surface area contributed by atoms with Crippen molar-refractivity contribution in [1.82, 2.24) is 10.2 Å². The van der Waals surface area contributed by atoms with Crippen molar-refractivity contribution in [2.24, 2.45) is 0 Å². The highest BCUT2D eigenvalue weighted by Crippen LogP contribution is 2.15. The first-order chi connectivity index (χ1) is 4.86. The molecule has 1 rings (SSSR count). The molecule has 0 aliphatic carbocycles. The van der Waals surface area contributed by atoms with Crippen LogP contribution in [0.4, 0.5) is 0 Å². The molecule has 0 aliphatic rings. The summed E-state index contributed by atoms with van der Waals surface area (Å²) in [5.74, 6) is 1.42. The Hall–Kier alpha value is 0.200. The largest absolute Gasteiger partial charge is 0.158 e. The molecule has 0 amide bonds. The van der Waals surface area contributed by atoms with E-state index in [9.17, 15) is 0 Å². The van der Waals surface area contributed by atoms with Crippen molar-refractivity contribution in [2.75, 3.05) is 6.26 Å². The van der Waals surface area contributed by atoms with E-state index in [0.29, 0.717) is 5.88 Å². The van der Waals surface area contributed by atoms with Crippen LogP contribution in [0.1, 0.15) is 10.0 Å². The molecular formula is C5H7ClN2S2. The molecule has 0 unspecified atom stereocenters. The lowest BCUT2D eigenvalue weighted by Crippen LogP contribution is -1.76. The van der Waals surface area contributed by atoms with E-state index in [1.807, 2.05) is 6.26 Å². The summed E-state index contributed by atoms with van der Waals surface area (Å²) in [6.07, 6.45) is 2.04. The van der Waals surface area contributed by atoms with E-state index in [4.69, 9.17) is 11.6 Å². The number of hydrogen-bond donors (Lipinski definition) is 0. The number of thioether (sulfide) groups is 1. The molecule has 2 nitrogen and oxygen atoms in total. The highest BCUT2D eigenvalue weighted by Gasteiger charge is 2.00. The smallest absolute Gasteiger partial charge is 0.132 e. The average Bonchev–Trinajstić information content (AvgIpc) is 2.37. The molecular weight excluding hydrogens is 188 g/mol. The van der Waals surface area contributed by atoms with Gasteiger partial charge in [0, 0.05) is 5.75 Å². The molecule has 10 heavy (non-hydrogen) atoms. The molecule has 0 fully saturated rings. The standard InChI is InChI=1S/C5H7ClN2S2/c1-9-3-5-8-7-4(2-6)10-5/h2-3H2,1H3. The molecule has 0 N–H and O–H groups in total. The monoisotopic (exact) mass is 194 g/mol. The molecule has 1 heterocycles. The van der Waals surface area contributed by atoms with E-state index in [1.165, 1.54) is 0 Å². The van der Waals surface area contributed by atoms with E-state index in [1.54, 1.807) is 23.1 Å². The topological polar surface area (TPSA) is 25.8 Å². The molecule has 0 saturated heterocycles. The van der Waals surface area contributed by atoms with Gasteiger partial charge in [-0.2, -0.15) is 11.8 Å². The van der Waals surface area contributed by atoms with E-state index in [-0.39, 0.29) is 0 Å². The van der Waals surface area contributed by atoms with Gasteiger partial charge in [0.25, 0.3) is 0 Å². The van der Waals surface area contributed by atoms with E-state index < -0.39 is 0 Å². The summed E-state index contributed by atoms with van der Waals surface area (Å²) < 4.78 is 0. The van der Waals surface area contributed by atoms with Crippen LogP contribution in [0.3, 0.4) is 0 Å². The third-order valence-corrected chi connectivity index (χ3v) is 2.97. The summed E-state index contributed by atoms with van der Waals surface area (Å²) in [5.41, 5.74) is 0. The van der Waals surface area contributed by atoms with Crippen LogP contribution in [0.5, 0.6) is 0 Å². The minimum absolute atomic E-state index is 0.478. The summed E-state index contributed by atoms with van der Waals surface area (Å²) in [6.45, 7) is 0. The molecule has 5 heteroatoms. The van der Waals surface area contributed by atoms with Crippen LogP contribution < -0.4 is 0 Å². The van der Waals surface area contributed by atoms with Crippen molar-refractivity contribution in [2.45, 2.75) is 11.6 Å². The number of rotatable bonds is 3. The van der Waals surface area contributed by atoms with Crippen molar-refractivity contribution in [3.05, 3.63) is 10.0 Å². The summed E-state index contributed by atoms with van der Waals surface area (Å²) in [4.78, 5) is 0. The van der Waals surface area contributed by atoms with Gasteiger partial charge in [-0.05, 0) is 6.26 Å². The second-order valence-corrected chi connectivity index (χ2v) is 3.94. The zero-order valence-corrected chi connectivity index (χ0v) is 7.89. The lowest BCUT2D eigenvalue weighted by atomic mass is 10.8.